The molecular formula is C15H18N2O4S. The van der Waals surface area contributed by atoms with E-state index in [1.54, 1.807) is 25.3 Å². The largest absolute Gasteiger partial charge is 0.369 e. The number of pyridine rings is 1. The molecule has 0 saturated heterocycles. The van der Waals surface area contributed by atoms with E-state index < -0.39 is 22.0 Å². The van der Waals surface area contributed by atoms with E-state index in [0.717, 1.165) is 5.56 Å². The number of amides is 1. The number of benzene rings is 1. The average molecular weight is 322 g/mol. The molecule has 2 aromatic rings. The highest BCUT2D eigenvalue weighted by Crippen LogP contribution is 2.21. The van der Waals surface area contributed by atoms with Gasteiger partial charge < -0.3 is 4.74 Å². The van der Waals surface area contributed by atoms with Crippen molar-refractivity contribution in [3.63, 3.8) is 0 Å². The number of hydrogen-bond acceptors (Lipinski definition) is 5. The van der Waals surface area contributed by atoms with Gasteiger partial charge in [-0.1, -0.05) is 12.1 Å². The second-order valence-corrected chi connectivity index (χ2v) is 6.56. The third-order valence-corrected chi connectivity index (χ3v) is 4.50. The number of sulfonamides is 1. The Labute approximate surface area is 129 Å². The molecule has 2 rings (SSSR count). The van der Waals surface area contributed by atoms with Crippen LogP contribution in [0.3, 0.4) is 0 Å². The SMILES string of the molecule is CCOC(C)C(=O)NS(=O)(=O)c1cccc2cc(C)cnc12. The van der Waals surface area contributed by atoms with E-state index in [-0.39, 0.29) is 4.90 Å². The lowest BCUT2D eigenvalue weighted by atomic mass is 10.2. The smallest absolute Gasteiger partial charge is 0.266 e. The van der Waals surface area contributed by atoms with Gasteiger partial charge in [0.15, 0.2) is 0 Å². The Morgan fingerprint density at radius 1 is 1.41 bits per heavy atom. The van der Waals surface area contributed by atoms with Gasteiger partial charge in [0.25, 0.3) is 15.9 Å². The number of aromatic nitrogens is 1. The maximum absolute atomic E-state index is 12.4. The fraction of sp³-hybridized carbons (Fsp3) is 0.333. The van der Waals surface area contributed by atoms with Crippen molar-refractivity contribution in [3.05, 3.63) is 36.0 Å². The number of ether oxygens (including phenoxy) is 1. The molecule has 0 saturated carbocycles. The van der Waals surface area contributed by atoms with Crippen molar-refractivity contribution >= 4 is 26.8 Å². The van der Waals surface area contributed by atoms with E-state index in [4.69, 9.17) is 4.74 Å². The summed E-state index contributed by atoms with van der Waals surface area (Å²) in [7, 11) is -4.00. The highest BCUT2D eigenvalue weighted by Gasteiger charge is 2.24. The van der Waals surface area contributed by atoms with Crippen LogP contribution in [0.25, 0.3) is 10.9 Å². The van der Waals surface area contributed by atoms with Crippen molar-refractivity contribution in [1.29, 1.82) is 0 Å². The Bertz CT molecular complexity index is 802. The highest BCUT2D eigenvalue weighted by atomic mass is 32.2. The van der Waals surface area contributed by atoms with Crippen LogP contribution in [-0.4, -0.2) is 32.0 Å². The number of rotatable bonds is 5. The molecule has 1 aromatic heterocycles. The predicted octanol–water partition coefficient (Wildman–Crippen LogP) is 1.77. The molecule has 0 radical (unpaired) electrons. The highest BCUT2D eigenvalue weighted by molar-refractivity contribution is 7.90. The van der Waals surface area contributed by atoms with Gasteiger partial charge in [0.2, 0.25) is 0 Å². The van der Waals surface area contributed by atoms with Crippen LogP contribution in [0.2, 0.25) is 0 Å². The number of carbonyl (C=O) groups excluding carboxylic acids is 1. The first-order valence-corrected chi connectivity index (χ1v) is 8.37. The zero-order valence-electron chi connectivity index (χ0n) is 12.7. The van der Waals surface area contributed by atoms with E-state index in [2.05, 4.69) is 4.98 Å². The molecule has 118 valence electrons. The van der Waals surface area contributed by atoms with Crippen molar-refractivity contribution in [1.82, 2.24) is 9.71 Å². The first-order valence-electron chi connectivity index (χ1n) is 6.89. The van der Waals surface area contributed by atoms with Crippen LogP contribution in [0.5, 0.6) is 0 Å². The van der Waals surface area contributed by atoms with Crippen LogP contribution in [0.15, 0.2) is 35.4 Å². The van der Waals surface area contributed by atoms with Gasteiger partial charge in [0.1, 0.15) is 11.0 Å². The number of aryl methyl sites for hydroxylation is 1. The summed E-state index contributed by atoms with van der Waals surface area (Å²) in [4.78, 5) is 16.0. The van der Waals surface area contributed by atoms with E-state index >= 15 is 0 Å². The zero-order valence-corrected chi connectivity index (χ0v) is 13.5. The van der Waals surface area contributed by atoms with Gasteiger partial charge in [-0.3, -0.25) is 9.78 Å². The molecule has 1 amide bonds. The molecule has 0 aliphatic carbocycles. The van der Waals surface area contributed by atoms with Gasteiger partial charge in [0, 0.05) is 18.2 Å². The fourth-order valence-corrected chi connectivity index (χ4v) is 3.28. The minimum Gasteiger partial charge on any atom is -0.369 e. The summed E-state index contributed by atoms with van der Waals surface area (Å²) in [6.07, 6.45) is 0.747. The Hall–Kier alpha value is -1.99. The molecule has 1 atom stereocenters. The van der Waals surface area contributed by atoms with Crippen LogP contribution in [0, 0.1) is 6.92 Å². The topological polar surface area (TPSA) is 85.4 Å². The second kappa shape index (κ2) is 6.41. The average Bonchev–Trinajstić information content (AvgIpc) is 2.46. The number of para-hydroxylation sites is 1. The Balaban J connectivity index is 2.40. The lowest BCUT2D eigenvalue weighted by Gasteiger charge is -2.13. The van der Waals surface area contributed by atoms with Crippen molar-refractivity contribution < 1.29 is 17.9 Å². The van der Waals surface area contributed by atoms with Gasteiger partial charge in [-0.25, -0.2) is 13.1 Å². The zero-order chi connectivity index (χ0) is 16.3. The summed E-state index contributed by atoms with van der Waals surface area (Å²) in [6.45, 7) is 5.43. The molecule has 0 bridgehead atoms. The molecule has 0 fully saturated rings. The molecule has 7 heteroatoms. The van der Waals surface area contributed by atoms with Gasteiger partial charge in [0.05, 0.1) is 5.52 Å². The lowest BCUT2D eigenvalue weighted by molar-refractivity contribution is -0.129. The van der Waals surface area contributed by atoms with Crippen molar-refractivity contribution in [3.8, 4) is 0 Å². The number of carbonyl (C=O) groups is 1. The van der Waals surface area contributed by atoms with Gasteiger partial charge in [-0.2, -0.15) is 0 Å². The normalized spacial score (nSPS) is 13.0. The molecule has 6 nitrogen and oxygen atoms in total. The third kappa shape index (κ3) is 3.42. The van der Waals surface area contributed by atoms with E-state index in [1.165, 1.54) is 13.0 Å². The predicted molar refractivity (Wildman–Crippen MR) is 82.9 cm³/mol. The molecule has 0 aliphatic rings. The fourth-order valence-electron chi connectivity index (χ4n) is 2.06. The summed E-state index contributed by atoms with van der Waals surface area (Å²) >= 11 is 0. The van der Waals surface area contributed by atoms with Crippen LogP contribution >= 0.6 is 0 Å². The van der Waals surface area contributed by atoms with Crippen LogP contribution in [0.4, 0.5) is 0 Å². The summed E-state index contributed by atoms with van der Waals surface area (Å²) in [6, 6.07) is 6.66. The van der Waals surface area contributed by atoms with Gasteiger partial charge >= 0.3 is 0 Å². The molecule has 1 N–H and O–H groups in total. The standard InChI is InChI=1S/C15H18N2O4S/c1-4-21-11(3)15(18)17-22(19,20)13-7-5-6-12-8-10(2)9-16-14(12)13/h5-9,11H,4H2,1-3H3,(H,17,18). The summed E-state index contributed by atoms with van der Waals surface area (Å²) < 4.78 is 32.0. The third-order valence-electron chi connectivity index (χ3n) is 3.12. The van der Waals surface area contributed by atoms with Crippen LogP contribution < -0.4 is 4.72 Å². The van der Waals surface area contributed by atoms with Crippen LogP contribution in [-0.2, 0) is 19.6 Å². The van der Waals surface area contributed by atoms with Crippen LogP contribution in [0.1, 0.15) is 19.4 Å². The molecule has 1 unspecified atom stereocenters. The number of hydrogen-bond donors (Lipinski definition) is 1. The maximum Gasteiger partial charge on any atom is 0.266 e. The first kappa shape index (κ1) is 16.4. The molecular weight excluding hydrogens is 304 g/mol. The van der Waals surface area contributed by atoms with E-state index in [0.29, 0.717) is 17.5 Å². The molecule has 1 heterocycles. The minimum absolute atomic E-state index is 0.0259. The molecule has 0 aliphatic heterocycles. The summed E-state index contributed by atoms with van der Waals surface area (Å²) in [5.41, 5.74) is 1.26. The van der Waals surface area contributed by atoms with Gasteiger partial charge in [-0.15, -0.1) is 0 Å². The van der Waals surface area contributed by atoms with Crippen molar-refractivity contribution in [2.45, 2.75) is 31.8 Å². The molecule has 1 aromatic carbocycles. The Kier molecular flexibility index (Phi) is 4.77. The van der Waals surface area contributed by atoms with Crippen molar-refractivity contribution in [2.24, 2.45) is 0 Å². The van der Waals surface area contributed by atoms with E-state index in [9.17, 15) is 13.2 Å². The lowest BCUT2D eigenvalue weighted by Crippen LogP contribution is -2.38. The Morgan fingerprint density at radius 3 is 2.82 bits per heavy atom. The summed E-state index contributed by atoms with van der Waals surface area (Å²) in [5, 5.41) is 0.702. The van der Waals surface area contributed by atoms with E-state index in [1.807, 2.05) is 17.7 Å². The van der Waals surface area contributed by atoms with Crippen molar-refractivity contribution in [2.75, 3.05) is 6.61 Å². The molecule has 0 spiro atoms. The van der Waals surface area contributed by atoms with Gasteiger partial charge in [-0.05, 0) is 38.5 Å². The molecule has 22 heavy (non-hydrogen) atoms. The Morgan fingerprint density at radius 2 is 2.14 bits per heavy atom. The quantitative estimate of drug-likeness (QED) is 0.907. The minimum atomic E-state index is -4.00. The maximum atomic E-state index is 12.4. The number of nitrogens with zero attached hydrogens (tertiary/aromatic N) is 1. The number of fused-ring (bicyclic) bond motifs is 1. The number of nitrogens with one attached hydrogen (secondary N) is 1. The first-order chi connectivity index (χ1) is 10.3. The monoisotopic (exact) mass is 322 g/mol. The second-order valence-electron chi connectivity index (χ2n) is 4.91. The summed E-state index contributed by atoms with van der Waals surface area (Å²) in [5.74, 6) is -0.703.